The van der Waals surface area contributed by atoms with E-state index in [4.69, 9.17) is 4.74 Å². The first kappa shape index (κ1) is 12.0. The lowest BCUT2D eigenvalue weighted by Gasteiger charge is -2.07. The Bertz CT molecular complexity index is 491. The summed E-state index contributed by atoms with van der Waals surface area (Å²) < 4.78 is 31.7. The Morgan fingerprint density at radius 2 is 1.59 bits per heavy atom. The van der Waals surface area contributed by atoms with E-state index in [2.05, 4.69) is 15.9 Å². The van der Waals surface area contributed by atoms with E-state index in [-0.39, 0.29) is 11.1 Å². The van der Waals surface area contributed by atoms with Crippen LogP contribution in [-0.4, -0.2) is 0 Å². The van der Waals surface area contributed by atoms with Crippen molar-refractivity contribution < 1.29 is 13.5 Å². The van der Waals surface area contributed by atoms with Crippen molar-refractivity contribution in [1.82, 2.24) is 0 Å². The van der Waals surface area contributed by atoms with Crippen molar-refractivity contribution in [1.29, 1.82) is 0 Å². The summed E-state index contributed by atoms with van der Waals surface area (Å²) >= 11 is 2.82. The van der Waals surface area contributed by atoms with Gasteiger partial charge >= 0.3 is 0 Å². The molecule has 2 rings (SSSR count). The SMILES string of the molecule is Fc1cc(COc2ccccc2)cc(F)c1Br. The van der Waals surface area contributed by atoms with Gasteiger partial charge in [0.25, 0.3) is 0 Å². The van der Waals surface area contributed by atoms with E-state index >= 15 is 0 Å². The first-order valence-corrected chi connectivity index (χ1v) is 5.77. The molecule has 0 unspecified atom stereocenters. The van der Waals surface area contributed by atoms with E-state index in [1.807, 2.05) is 18.2 Å². The quantitative estimate of drug-likeness (QED) is 0.768. The second kappa shape index (κ2) is 5.27. The molecular weight excluding hydrogens is 290 g/mol. The zero-order valence-electron chi connectivity index (χ0n) is 8.79. The van der Waals surface area contributed by atoms with E-state index in [1.54, 1.807) is 12.1 Å². The average molecular weight is 299 g/mol. The minimum absolute atomic E-state index is 0.130. The van der Waals surface area contributed by atoms with Crippen LogP contribution in [0.4, 0.5) is 8.78 Å². The lowest BCUT2D eigenvalue weighted by Crippen LogP contribution is -1.97. The third-order valence-electron chi connectivity index (χ3n) is 2.19. The maximum atomic E-state index is 13.2. The van der Waals surface area contributed by atoms with Gasteiger partial charge in [0.05, 0.1) is 4.47 Å². The zero-order chi connectivity index (χ0) is 12.3. The van der Waals surface area contributed by atoms with Crippen LogP contribution < -0.4 is 4.74 Å². The van der Waals surface area contributed by atoms with Gasteiger partial charge in [-0.15, -0.1) is 0 Å². The van der Waals surface area contributed by atoms with E-state index in [0.29, 0.717) is 11.3 Å². The highest BCUT2D eigenvalue weighted by atomic mass is 79.9. The lowest BCUT2D eigenvalue weighted by atomic mass is 10.2. The molecular formula is C13H9BrF2O. The Balaban J connectivity index is 2.10. The molecule has 0 saturated heterocycles. The van der Waals surface area contributed by atoms with Gasteiger partial charge in [-0.3, -0.25) is 0 Å². The Hall–Kier alpha value is -1.42. The van der Waals surface area contributed by atoms with Crippen LogP contribution in [0, 0.1) is 11.6 Å². The second-order valence-electron chi connectivity index (χ2n) is 3.48. The maximum Gasteiger partial charge on any atom is 0.140 e. The number of rotatable bonds is 3. The molecule has 0 aliphatic carbocycles. The van der Waals surface area contributed by atoms with Gasteiger partial charge in [0.1, 0.15) is 24.0 Å². The van der Waals surface area contributed by atoms with Gasteiger partial charge in [0.2, 0.25) is 0 Å². The molecule has 0 heterocycles. The smallest absolute Gasteiger partial charge is 0.140 e. The molecule has 0 bridgehead atoms. The number of benzene rings is 2. The highest BCUT2D eigenvalue weighted by Gasteiger charge is 2.08. The van der Waals surface area contributed by atoms with Crippen LogP contribution in [0.3, 0.4) is 0 Å². The van der Waals surface area contributed by atoms with Gasteiger partial charge in [-0.25, -0.2) is 8.78 Å². The molecule has 0 aliphatic heterocycles. The predicted molar refractivity (Wildman–Crippen MR) is 64.8 cm³/mol. The summed E-state index contributed by atoms with van der Waals surface area (Å²) in [6, 6.07) is 11.6. The molecule has 4 heteroatoms. The average Bonchev–Trinajstić information content (AvgIpc) is 2.34. The van der Waals surface area contributed by atoms with Crippen LogP contribution in [0.5, 0.6) is 5.75 Å². The fourth-order valence-electron chi connectivity index (χ4n) is 1.37. The summed E-state index contributed by atoms with van der Waals surface area (Å²) in [6.07, 6.45) is 0. The molecule has 0 N–H and O–H groups in total. The largest absolute Gasteiger partial charge is 0.489 e. The molecule has 88 valence electrons. The molecule has 0 spiro atoms. The molecule has 0 aromatic heterocycles. The molecule has 0 saturated carbocycles. The fraction of sp³-hybridized carbons (Fsp3) is 0.0769. The Kier molecular flexibility index (Phi) is 3.74. The van der Waals surface area contributed by atoms with E-state index < -0.39 is 11.6 Å². The summed E-state index contributed by atoms with van der Waals surface area (Å²) in [7, 11) is 0. The van der Waals surface area contributed by atoms with Gasteiger partial charge in [0.15, 0.2) is 0 Å². The first-order valence-electron chi connectivity index (χ1n) is 4.98. The fourth-order valence-corrected chi connectivity index (χ4v) is 1.60. The number of halogens is 3. The van der Waals surface area contributed by atoms with Crippen molar-refractivity contribution in [3.05, 3.63) is 64.1 Å². The van der Waals surface area contributed by atoms with E-state index in [1.165, 1.54) is 12.1 Å². The molecule has 17 heavy (non-hydrogen) atoms. The molecule has 0 aliphatic rings. The summed E-state index contributed by atoms with van der Waals surface area (Å²) in [6.45, 7) is 0.130. The molecule has 0 atom stereocenters. The second-order valence-corrected chi connectivity index (χ2v) is 4.27. The minimum atomic E-state index is -0.628. The van der Waals surface area contributed by atoms with E-state index in [0.717, 1.165) is 0 Å². The minimum Gasteiger partial charge on any atom is -0.489 e. The molecule has 1 nitrogen and oxygen atoms in total. The highest BCUT2D eigenvalue weighted by Crippen LogP contribution is 2.22. The third-order valence-corrected chi connectivity index (χ3v) is 2.95. The van der Waals surface area contributed by atoms with Gasteiger partial charge < -0.3 is 4.74 Å². The van der Waals surface area contributed by atoms with Crippen LogP contribution in [0.1, 0.15) is 5.56 Å². The molecule has 0 radical (unpaired) electrons. The van der Waals surface area contributed by atoms with Crippen molar-refractivity contribution in [3.63, 3.8) is 0 Å². The monoisotopic (exact) mass is 298 g/mol. The Labute approximate surface area is 106 Å². The summed E-state index contributed by atoms with van der Waals surface area (Å²) in [5.41, 5.74) is 0.451. The van der Waals surface area contributed by atoms with Crippen molar-refractivity contribution in [2.75, 3.05) is 0 Å². The lowest BCUT2D eigenvalue weighted by molar-refractivity contribution is 0.304. The van der Waals surface area contributed by atoms with E-state index in [9.17, 15) is 8.78 Å². The molecule has 0 amide bonds. The normalized spacial score (nSPS) is 10.3. The predicted octanol–water partition coefficient (Wildman–Crippen LogP) is 4.31. The van der Waals surface area contributed by atoms with Crippen molar-refractivity contribution in [2.45, 2.75) is 6.61 Å². The van der Waals surface area contributed by atoms with Crippen molar-refractivity contribution in [2.24, 2.45) is 0 Å². The standard InChI is InChI=1S/C13H9BrF2O/c14-13-11(15)6-9(7-12(13)16)8-17-10-4-2-1-3-5-10/h1-7H,8H2. The first-order chi connectivity index (χ1) is 8.16. The summed E-state index contributed by atoms with van der Waals surface area (Å²) in [5, 5.41) is 0. The zero-order valence-corrected chi connectivity index (χ0v) is 10.4. The van der Waals surface area contributed by atoms with Gasteiger partial charge in [-0.05, 0) is 45.8 Å². The summed E-state index contributed by atoms with van der Waals surface area (Å²) in [5.74, 6) is -0.593. The molecule has 2 aromatic rings. The number of hydrogen-bond donors (Lipinski definition) is 0. The molecule has 2 aromatic carbocycles. The summed E-state index contributed by atoms with van der Waals surface area (Å²) in [4.78, 5) is 0. The topological polar surface area (TPSA) is 9.23 Å². The molecule has 0 fully saturated rings. The van der Waals surface area contributed by atoms with Crippen LogP contribution in [0.2, 0.25) is 0 Å². The number of para-hydroxylation sites is 1. The third kappa shape index (κ3) is 3.03. The maximum absolute atomic E-state index is 13.2. The van der Waals surface area contributed by atoms with Crippen LogP contribution in [-0.2, 0) is 6.61 Å². The van der Waals surface area contributed by atoms with Crippen molar-refractivity contribution >= 4 is 15.9 Å². The van der Waals surface area contributed by atoms with Crippen LogP contribution >= 0.6 is 15.9 Å². The van der Waals surface area contributed by atoms with Crippen LogP contribution in [0.15, 0.2) is 46.9 Å². The van der Waals surface area contributed by atoms with Crippen LogP contribution in [0.25, 0.3) is 0 Å². The Morgan fingerprint density at radius 1 is 1.00 bits per heavy atom. The van der Waals surface area contributed by atoms with Gasteiger partial charge in [-0.2, -0.15) is 0 Å². The highest BCUT2D eigenvalue weighted by molar-refractivity contribution is 9.10. The van der Waals surface area contributed by atoms with Gasteiger partial charge in [0, 0.05) is 0 Å². The number of ether oxygens (including phenoxy) is 1. The van der Waals surface area contributed by atoms with Crippen molar-refractivity contribution in [3.8, 4) is 5.75 Å². The number of hydrogen-bond acceptors (Lipinski definition) is 1. The Morgan fingerprint density at radius 3 is 2.18 bits per heavy atom. The van der Waals surface area contributed by atoms with Gasteiger partial charge in [-0.1, -0.05) is 18.2 Å².